The van der Waals surface area contributed by atoms with Crippen LogP contribution in [0.2, 0.25) is 0 Å². The average molecular weight is 540 g/mol. The summed E-state index contributed by atoms with van der Waals surface area (Å²) in [5, 5.41) is 9.30. The SMILES string of the molecule is CC1CC[C@@H](C(C)C)[C@H](C(=O)NC[C@@H](NC(=O)[C@@H](C)NC(=O)[C@@H]2C[C@H](C)CC[C@H]2C(C)C)c2ccccc2)C1. The fraction of sp³-hybridized carbons (Fsp3) is 0.727. The van der Waals surface area contributed by atoms with Crippen LogP contribution in [0.15, 0.2) is 30.3 Å². The predicted molar refractivity (Wildman–Crippen MR) is 158 cm³/mol. The maximum absolute atomic E-state index is 13.4. The second-order valence-corrected chi connectivity index (χ2v) is 13.3. The van der Waals surface area contributed by atoms with Crippen molar-refractivity contribution in [2.75, 3.05) is 6.54 Å². The van der Waals surface area contributed by atoms with E-state index < -0.39 is 6.04 Å². The normalized spacial score (nSPS) is 28.9. The van der Waals surface area contributed by atoms with Gasteiger partial charge in [0.25, 0.3) is 0 Å². The van der Waals surface area contributed by atoms with Gasteiger partial charge < -0.3 is 16.0 Å². The molecule has 6 heteroatoms. The van der Waals surface area contributed by atoms with Crippen molar-refractivity contribution in [2.24, 2.45) is 47.3 Å². The van der Waals surface area contributed by atoms with E-state index in [0.29, 0.717) is 42.1 Å². The van der Waals surface area contributed by atoms with Crippen molar-refractivity contribution >= 4 is 17.7 Å². The first kappa shape index (κ1) is 31.2. The topological polar surface area (TPSA) is 87.3 Å². The van der Waals surface area contributed by atoms with Gasteiger partial charge in [-0.05, 0) is 73.7 Å². The predicted octanol–water partition coefficient (Wildman–Crippen LogP) is 5.88. The van der Waals surface area contributed by atoms with Crippen LogP contribution in [0.5, 0.6) is 0 Å². The highest BCUT2D eigenvalue weighted by molar-refractivity contribution is 5.88. The van der Waals surface area contributed by atoms with E-state index in [-0.39, 0.29) is 35.6 Å². The van der Waals surface area contributed by atoms with E-state index in [9.17, 15) is 14.4 Å². The average Bonchev–Trinajstić information content (AvgIpc) is 2.90. The molecule has 2 saturated carbocycles. The van der Waals surface area contributed by atoms with Crippen LogP contribution in [0.25, 0.3) is 0 Å². The zero-order chi connectivity index (χ0) is 28.7. The number of hydrogen-bond donors (Lipinski definition) is 3. The molecule has 1 aromatic rings. The third-order valence-electron chi connectivity index (χ3n) is 9.47. The molecule has 39 heavy (non-hydrogen) atoms. The number of benzene rings is 1. The molecule has 0 bridgehead atoms. The number of carbonyl (C=O) groups excluding carboxylic acids is 3. The minimum Gasteiger partial charge on any atom is -0.353 e. The van der Waals surface area contributed by atoms with Gasteiger partial charge in [-0.3, -0.25) is 14.4 Å². The van der Waals surface area contributed by atoms with Gasteiger partial charge in [-0.2, -0.15) is 0 Å². The van der Waals surface area contributed by atoms with Crippen molar-refractivity contribution in [1.29, 1.82) is 0 Å². The van der Waals surface area contributed by atoms with E-state index in [1.807, 2.05) is 30.3 Å². The van der Waals surface area contributed by atoms with Crippen LogP contribution in [-0.2, 0) is 14.4 Å². The molecule has 218 valence electrons. The van der Waals surface area contributed by atoms with Gasteiger partial charge in [-0.15, -0.1) is 0 Å². The van der Waals surface area contributed by atoms with Crippen LogP contribution in [0.1, 0.15) is 98.6 Å². The zero-order valence-corrected chi connectivity index (χ0v) is 25.3. The van der Waals surface area contributed by atoms with E-state index in [2.05, 4.69) is 57.5 Å². The maximum Gasteiger partial charge on any atom is 0.242 e. The largest absolute Gasteiger partial charge is 0.353 e. The van der Waals surface area contributed by atoms with E-state index in [0.717, 1.165) is 37.7 Å². The monoisotopic (exact) mass is 539 g/mol. The molecule has 0 saturated heterocycles. The summed E-state index contributed by atoms with van der Waals surface area (Å²) < 4.78 is 0. The Labute approximate surface area is 236 Å². The lowest BCUT2D eigenvalue weighted by molar-refractivity contribution is -0.134. The molecule has 0 aliphatic heterocycles. The second-order valence-electron chi connectivity index (χ2n) is 13.3. The van der Waals surface area contributed by atoms with Crippen LogP contribution in [0.4, 0.5) is 0 Å². The summed E-state index contributed by atoms with van der Waals surface area (Å²) in [5.74, 6) is 2.49. The molecule has 0 aromatic heterocycles. The number of amides is 3. The summed E-state index contributed by atoms with van der Waals surface area (Å²) in [5.41, 5.74) is 0.933. The van der Waals surface area contributed by atoms with Crippen LogP contribution < -0.4 is 16.0 Å². The first-order chi connectivity index (χ1) is 18.5. The molecule has 0 radical (unpaired) electrons. The van der Waals surface area contributed by atoms with E-state index in [4.69, 9.17) is 0 Å². The first-order valence-corrected chi connectivity index (χ1v) is 15.4. The highest BCUT2D eigenvalue weighted by atomic mass is 16.2. The van der Waals surface area contributed by atoms with Gasteiger partial charge in [0, 0.05) is 18.4 Å². The lowest BCUT2D eigenvalue weighted by Gasteiger charge is -2.37. The number of rotatable bonds is 10. The molecule has 0 spiro atoms. The molecule has 2 aliphatic rings. The van der Waals surface area contributed by atoms with E-state index in [1.54, 1.807) is 6.92 Å². The fourth-order valence-corrected chi connectivity index (χ4v) is 6.96. The van der Waals surface area contributed by atoms with Gasteiger partial charge in [-0.25, -0.2) is 0 Å². The molecule has 0 heterocycles. The highest BCUT2D eigenvalue weighted by Crippen LogP contribution is 2.39. The van der Waals surface area contributed by atoms with Gasteiger partial charge in [0.15, 0.2) is 0 Å². The van der Waals surface area contributed by atoms with Crippen molar-refractivity contribution in [3.63, 3.8) is 0 Å². The summed E-state index contributed by atoms with van der Waals surface area (Å²) in [6.07, 6.45) is 6.27. The third-order valence-corrected chi connectivity index (χ3v) is 9.47. The molecular formula is C33H53N3O3. The lowest BCUT2D eigenvalue weighted by Crippen LogP contribution is -2.51. The van der Waals surface area contributed by atoms with Crippen molar-refractivity contribution in [1.82, 2.24) is 16.0 Å². The van der Waals surface area contributed by atoms with Crippen molar-refractivity contribution in [2.45, 2.75) is 99.1 Å². The molecule has 2 aliphatic carbocycles. The quantitative estimate of drug-likeness (QED) is 0.347. The molecule has 6 nitrogen and oxygen atoms in total. The van der Waals surface area contributed by atoms with E-state index >= 15 is 0 Å². The Morgan fingerprint density at radius 2 is 1.26 bits per heavy atom. The van der Waals surface area contributed by atoms with Crippen molar-refractivity contribution in [3.05, 3.63) is 35.9 Å². The minimum absolute atomic E-state index is 0.00544. The smallest absolute Gasteiger partial charge is 0.242 e. The first-order valence-electron chi connectivity index (χ1n) is 15.4. The Hall–Kier alpha value is -2.37. The van der Waals surface area contributed by atoms with Crippen molar-refractivity contribution in [3.8, 4) is 0 Å². The van der Waals surface area contributed by atoms with E-state index in [1.165, 1.54) is 6.42 Å². The standard InChI is InChI=1S/C33H53N3O3/c1-20(2)26-15-13-22(5)17-28(26)32(38)34-19-30(25-11-9-8-10-12-25)36-31(37)24(7)35-33(39)29-18-23(6)14-16-27(29)21(3)4/h8-12,20-24,26-30H,13-19H2,1-7H3,(H,34,38)(H,35,39)(H,36,37)/t22?,23-,24-,26+,27+,28-,29-,30-/m1/s1. The Morgan fingerprint density at radius 3 is 1.77 bits per heavy atom. The Balaban J connectivity index is 1.65. The number of hydrogen-bond acceptors (Lipinski definition) is 3. The molecule has 1 aromatic carbocycles. The van der Waals surface area contributed by atoms with Crippen LogP contribution >= 0.6 is 0 Å². The molecule has 1 unspecified atom stereocenters. The van der Waals surface area contributed by atoms with Crippen LogP contribution in [0.3, 0.4) is 0 Å². The van der Waals surface area contributed by atoms with Crippen LogP contribution in [-0.4, -0.2) is 30.3 Å². The molecular weight excluding hydrogens is 486 g/mol. The molecule has 3 N–H and O–H groups in total. The van der Waals surface area contributed by atoms with Gasteiger partial charge in [-0.1, -0.05) is 84.7 Å². The molecule has 3 rings (SSSR count). The summed E-state index contributed by atoms with van der Waals surface area (Å²) in [6.45, 7) is 15.3. The third kappa shape index (κ3) is 8.56. The number of nitrogens with one attached hydrogen (secondary N) is 3. The minimum atomic E-state index is -0.658. The second kappa shape index (κ2) is 14.3. The summed E-state index contributed by atoms with van der Waals surface area (Å²) >= 11 is 0. The van der Waals surface area contributed by atoms with Crippen LogP contribution in [0, 0.1) is 47.3 Å². The molecule has 8 atom stereocenters. The lowest BCUT2D eigenvalue weighted by atomic mass is 9.69. The van der Waals surface area contributed by atoms with Crippen molar-refractivity contribution < 1.29 is 14.4 Å². The zero-order valence-electron chi connectivity index (χ0n) is 25.3. The number of carbonyl (C=O) groups is 3. The molecule has 3 amide bonds. The Morgan fingerprint density at radius 1 is 0.744 bits per heavy atom. The maximum atomic E-state index is 13.4. The molecule has 2 fully saturated rings. The Bertz CT molecular complexity index is 947. The van der Waals surface area contributed by atoms with Gasteiger partial charge in [0.05, 0.1) is 6.04 Å². The summed E-state index contributed by atoms with van der Waals surface area (Å²) in [6, 6.07) is 8.72. The summed E-state index contributed by atoms with van der Waals surface area (Å²) in [7, 11) is 0. The van der Waals surface area contributed by atoms with Gasteiger partial charge in [0.1, 0.15) is 6.04 Å². The van der Waals surface area contributed by atoms with Gasteiger partial charge >= 0.3 is 0 Å². The Kier molecular flexibility index (Phi) is 11.4. The van der Waals surface area contributed by atoms with Gasteiger partial charge in [0.2, 0.25) is 17.7 Å². The highest BCUT2D eigenvalue weighted by Gasteiger charge is 2.37. The fourth-order valence-electron chi connectivity index (χ4n) is 6.96. The summed E-state index contributed by atoms with van der Waals surface area (Å²) in [4.78, 5) is 40.0.